The van der Waals surface area contributed by atoms with Gasteiger partial charge in [-0.05, 0) is 29.8 Å². The molecule has 0 spiro atoms. The van der Waals surface area contributed by atoms with Crippen molar-refractivity contribution in [2.45, 2.75) is 5.92 Å². The fourth-order valence-electron chi connectivity index (χ4n) is 1.71. The molecule has 3 heteroatoms. The molecule has 1 unspecified atom stereocenters. The molecule has 0 aliphatic heterocycles. The third-order valence-electron chi connectivity index (χ3n) is 2.76. The van der Waals surface area contributed by atoms with E-state index in [-0.39, 0.29) is 12.5 Å². The average molecular weight is 307 g/mol. The first kappa shape index (κ1) is 13.1. The van der Waals surface area contributed by atoms with Crippen molar-refractivity contribution in [3.05, 3.63) is 64.6 Å². The molecule has 0 aliphatic carbocycles. The number of hydrogen-bond acceptors (Lipinski definition) is 2. The van der Waals surface area contributed by atoms with Crippen LogP contribution in [0.5, 0.6) is 5.75 Å². The van der Waals surface area contributed by atoms with Crippen molar-refractivity contribution < 1.29 is 9.84 Å². The van der Waals surface area contributed by atoms with E-state index in [0.717, 1.165) is 15.8 Å². The SMILES string of the molecule is OCC(COc1ccc(Br)cc1)c1ccccc1. The van der Waals surface area contributed by atoms with E-state index in [2.05, 4.69) is 15.9 Å². The zero-order valence-corrected chi connectivity index (χ0v) is 11.5. The summed E-state index contributed by atoms with van der Waals surface area (Å²) in [6, 6.07) is 17.6. The largest absolute Gasteiger partial charge is 0.493 e. The molecule has 0 bridgehead atoms. The topological polar surface area (TPSA) is 29.5 Å². The molecule has 2 nitrogen and oxygen atoms in total. The number of ether oxygens (including phenoxy) is 1. The zero-order chi connectivity index (χ0) is 12.8. The molecular formula is C15H15BrO2. The Bertz CT molecular complexity index is 468. The summed E-state index contributed by atoms with van der Waals surface area (Å²) in [5.74, 6) is 0.822. The number of aliphatic hydroxyl groups excluding tert-OH is 1. The van der Waals surface area contributed by atoms with Gasteiger partial charge in [0.05, 0.1) is 13.2 Å². The van der Waals surface area contributed by atoms with Gasteiger partial charge in [0.2, 0.25) is 0 Å². The highest BCUT2D eigenvalue weighted by Gasteiger charge is 2.10. The van der Waals surface area contributed by atoms with Gasteiger partial charge in [-0.1, -0.05) is 46.3 Å². The molecule has 2 aromatic rings. The highest BCUT2D eigenvalue weighted by Crippen LogP contribution is 2.20. The van der Waals surface area contributed by atoms with Gasteiger partial charge in [0.15, 0.2) is 0 Å². The third-order valence-corrected chi connectivity index (χ3v) is 3.28. The molecule has 0 aliphatic rings. The van der Waals surface area contributed by atoms with E-state index in [9.17, 15) is 5.11 Å². The maximum Gasteiger partial charge on any atom is 0.119 e. The second-order valence-electron chi connectivity index (χ2n) is 4.06. The lowest BCUT2D eigenvalue weighted by Crippen LogP contribution is -2.14. The van der Waals surface area contributed by atoms with Crippen LogP contribution in [0, 0.1) is 0 Å². The highest BCUT2D eigenvalue weighted by atomic mass is 79.9. The Morgan fingerprint density at radius 1 is 1.00 bits per heavy atom. The molecule has 18 heavy (non-hydrogen) atoms. The molecule has 0 saturated carbocycles. The number of aliphatic hydroxyl groups is 1. The molecule has 0 heterocycles. The molecule has 0 radical (unpaired) electrons. The van der Waals surface area contributed by atoms with Crippen molar-refractivity contribution in [1.82, 2.24) is 0 Å². The van der Waals surface area contributed by atoms with Gasteiger partial charge in [-0.3, -0.25) is 0 Å². The lowest BCUT2D eigenvalue weighted by atomic mass is 10.0. The number of rotatable bonds is 5. The van der Waals surface area contributed by atoms with Crippen LogP contribution in [0.15, 0.2) is 59.1 Å². The van der Waals surface area contributed by atoms with E-state index in [1.165, 1.54) is 0 Å². The zero-order valence-electron chi connectivity index (χ0n) is 9.92. The summed E-state index contributed by atoms with van der Waals surface area (Å²) >= 11 is 3.38. The Labute approximate surface area is 115 Å². The normalized spacial score (nSPS) is 12.1. The fourth-order valence-corrected chi connectivity index (χ4v) is 1.97. The van der Waals surface area contributed by atoms with E-state index in [1.807, 2.05) is 54.6 Å². The molecule has 2 aromatic carbocycles. The van der Waals surface area contributed by atoms with Crippen molar-refractivity contribution in [2.24, 2.45) is 0 Å². The minimum Gasteiger partial charge on any atom is -0.493 e. The second-order valence-corrected chi connectivity index (χ2v) is 4.97. The molecule has 1 N–H and O–H groups in total. The molecule has 2 rings (SSSR count). The van der Waals surface area contributed by atoms with Crippen LogP contribution in [-0.2, 0) is 0 Å². The fraction of sp³-hybridized carbons (Fsp3) is 0.200. The maximum atomic E-state index is 9.41. The van der Waals surface area contributed by atoms with Crippen molar-refractivity contribution in [2.75, 3.05) is 13.2 Å². The molecule has 0 fully saturated rings. The monoisotopic (exact) mass is 306 g/mol. The van der Waals surface area contributed by atoms with Gasteiger partial charge in [-0.2, -0.15) is 0 Å². The van der Waals surface area contributed by atoms with E-state index in [0.29, 0.717) is 6.61 Å². The van der Waals surface area contributed by atoms with Gasteiger partial charge in [-0.25, -0.2) is 0 Å². The first-order valence-electron chi connectivity index (χ1n) is 5.84. The van der Waals surface area contributed by atoms with Gasteiger partial charge in [0.25, 0.3) is 0 Å². The minimum atomic E-state index is 0.00912. The summed E-state index contributed by atoms with van der Waals surface area (Å²) in [5.41, 5.74) is 1.09. The van der Waals surface area contributed by atoms with Crippen LogP contribution in [0.1, 0.15) is 11.5 Å². The Hall–Kier alpha value is -1.32. The minimum absolute atomic E-state index is 0.00912. The highest BCUT2D eigenvalue weighted by molar-refractivity contribution is 9.10. The van der Waals surface area contributed by atoms with E-state index < -0.39 is 0 Å². The summed E-state index contributed by atoms with van der Waals surface area (Å²) in [7, 11) is 0. The lowest BCUT2D eigenvalue weighted by molar-refractivity contribution is 0.205. The summed E-state index contributed by atoms with van der Waals surface area (Å²) in [4.78, 5) is 0. The Morgan fingerprint density at radius 3 is 2.28 bits per heavy atom. The van der Waals surface area contributed by atoms with Crippen LogP contribution in [0.3, 0.4) is 0 Å². The molecular weight excluding hydrogens is 292 g/mol. The number of benzene rings is 2. The Balaban J connectivity index is 1.97. The molecule has 94 valence electrons. The quantitative estimate of drug-likeness (QED) is 0.914. The second kappa shape index (κ2) is 6.57. The van der Waals surface area contributed by atoms with Gasteiger partial charge >= 0.3 is 0 Å². The number of hydrogen-bond donors (Lipinski definition) is 1. The molecule has 0 amide bonds. The van der Waals surface area contributed by atoms with Gasteiger partial charge < -0.3 is 9.84 Å². The first-order valence-corrected chi connectivity index (χ1v) is 6.63. The van der Waals surface area contributed by atoms with E-state index in [1.54, 1.807) is 0 Å². The van der Waals surface area contributed by atoms with Crippen LogP contribution < -0.4 is 4.74 Å². The standard InChI is InChI=1S/C15H15BrO2/c16-14-6-8-15(9-7-14)18-11-13(10-17)12-4-2-1-3-5-12/h1-9,13,17H,10-11H2. The van der Waals surface area contributed by atoms with Gasteiger partial charge in [-0.15, -0.1) is 0 Å². The summed E-state index contributed by atoms with van der Waals surface area (Å²) < 4.78 is 6.71. The Morgan fingerprint density at radius 2 is 1.67 bits per heavy atom. The van der Waals surface area contributed by atoms with Crippen molar-refractivity contribution >= 4 is 15.9 Å². The van der Waals surface area contributed by atoms with Gasteiger partial charge in [0.1, 0.15) is 5.75 Å². The van der Waals surface area contributed by atoms with Crippen molar-refractivity contribution in [3.63, 3.8) is 0 Å². The molecule has 0 aromatic heterocycles. The summed E-state index contributed by atoms with van der Waals surface area (Å²) in [6.45, 7) is 0.558. The predicted molar refractivity (Wildman–Crippen MR) is 75.9 cm³/mol. The van der Waals surface area contributed by atoms with Gasteiger partial charge in [0, 0.05) is 10.4 Å². The van der Waals surface area contributed by atoms with Crippen molar-refractivity contribution in [1.29, 1.82) is 0 Å². The number of halogens is 1. The van der Waals surface area contributed by atoms with Crippen molar-refractivity contribution in [3.8, 4) is 5.75 Å². The van der Waals surface area contributed by atoms with Crippen LogP contribution in [0.25, 0.3) is 0 Å². The summed E-state index contributed by atoms with van der Waals surface area (Å²) in [6.07, 6.45) is 0. The predicted octanol–water partition coefficient (Wildman–Crippen LogP) is 3.60. The molecule has 0 saturated heterocycles. The lowest BCUT2D eigenvalue weighted by Gasteiger charge is -2.15. The third kappa shape index (κ3) is 3.59. The smallest absolute Gasteiger partial charge is 0.119 e. The van der Waals surface area contributed by atoms with Crippen LogP contribution in [-0.4, -0.2) is 18.3 Å². The van der Waals surface area contributed by atoms with Crippen LogP contribution >= 0.6 is 15.9 Å². The first-order chi connectivity index (χ1) is 8.79. The maximum absolute atomic E-state index is 9.41. The average Bonchev–Trinajstić information content (AvgIpc) is 2.43. The van der Waals surface area contributed by atoms with E-state index in [4.69, 9.17) is 4.74 Å². The van der Waals surface area contributed by atoms with E-state index >= 15 is 0 Å². The van der Waals surface area contributed by atoms with Crippen LogP contribution in [0.4, 0.5) is 0 Å². The molecule has 1 atom stereocenters. The Kier molecular flexibility index (Phi) is 4.79. The van der Waals surface area contributed by atoms with Crippen LogP contribution in [0.2, 0.25) is 0 Å². The summed E-state index contributed by atoms with van der Waals surface area (Å²) in [5, 5.41) is 9.41.